The van der Waals surface area contributed by atoms with E-state index in [2.05, 4.69) is 13.8 Å². The molecule has 0 aromatic heterocycles. The van der Waals surface area contributed by atoms with Gasteiger partial charge in [0.25, 0.3) is 0 Å². The molecular formula is C19H29FO2. The van der Waals surface area contributed by atoms with Gasteiger partial charge in [0.05, 0.1) is 6.10 Å². The highest BCUT2D eigenvalue weighted by molar-refractivity contribution is 5.79. The maximum Gasteiger partial charge on any atom is 0.133 e. The summed E-state index contributed by atoms with van der Waals surface area (Å²) in [5.41, 5.74) is 0.0613. The van der Waals surface area contributed by atoms with Crippen LogP contribution >= 0.6 is 0 Å². The number of carbonyl (C=O) groups excluding carboxylic acids is 1. The van der Waals surface area contributed by atoms with Gasteiger partial charge >= 0.3 is 0 Å². The van der Waals surface area contributed by atoms with E-state index in [0.29, 0.717) is 35.9 Å². The van der Waals surface area contributed by atoms with Crippen LogP contribution in [0.25, 0.3) is 0 Å². The molecule has 4 aliphatic carbocycles. The number of carbonyl (C=O) groups is 1. The van der Waals surface area contributed by atoms with Crippen LogP contribution in [-0.2, 0) is 4.79 Å². The van der Waals surface area contributed by atoms with Gasteiger partial charge < -0.3 is 5.11 Å². The first-order valence-corrected chi connectivity index (χ1v) is 9.20. The van der Waals surface area contributed by atoms with Crippen molar-refractivity contribution in [2.45, 2.75) is 77.5 Å². The highest BCUT2D eigenvalue weighted by atomic mass is 19.1. The van der Waals surface area contributed by atoms with Gasteiger partial charge in [0.15, 0.2) is 0 Å². The Bertz CT molecular complexity index is 492. The first kappa shape index (κ1) is 15.1. The van der Waals surface area contributed by atoms with Crippen molar-refractivity contribution >= 4 is 5.78 Å². The molecular weight excluding hydrogens is 279 g/mol. The van der Waals surface area contributed by atoms with Gasteiger partial charge in [-0.15, -0.1) is 0 Å². The maximum absolute atomic E-state index is 14.2. The van der Waals surface area contributed by atoms with Crippen molar-refractivity contribution in [3.05, 3.63) is 0 Å². The van der Waals surface area contributed by atoms with Gasteiger partial charge in [-0.25, -0.2) is 4.39 Å². The average Bonchev–Trinajstić information content (AvgIpc) is 2.72. The SMILES string of the molecule is C[C@]12CC[C@H]3[C@@H](CCC4CC(=O)CC[C@@]43C)[C@@H]1C[C@@H](F)[C@@H]2O. The van der Waals surface area contributed by atoms with E-state index in [-0.39, 0.29) is 10.8 Å². The van der Waals surface area contributed by atoms with Gasteiger partial charge in [-0.2, -0.15) is 0 Å². The molecule has 0 amide bonds. The molecule has 4 rings (SSSR count). The molecule has 8 atom stereocenters. The molecule has 22 heavy (non-hydrogen) atoms. The number of alkyl halides is 1. The fourth-order valence-corrected chi connectivity index (χ4v) is 6.99. The van der Waals surface area contributed by atoms with E-state index in [4.69, 9.17) is 0 Å². The molecule has 0 aromatic carbocycles. The number of rotatable bonds is 0. The Morgan fingerprint density at radius 3 is 2.64 bits per heavy atom. The molecule has 124 valence electrons. The molecule has 0 spiro atoms. The van der Waals surface area contributed by atoms with E-state index in [1.54, 1.807) is 0 Å². The number of aliphatic hydroxyl groups is 1. The third-order valence-corrected chi connectivity index (χ3v) is 8.42. The van der Waals surface area contributed by atoms with E-state index in [1.807, 2.05) is 0 Å². The quantitative estimate of drug-likeness (QED) is 0.737. The summed E-state index contributed by atoms with van der Waals surface area (Å²) in [7, 11) is 0. The van der Waals surface area contributed by atoms with Crippen LogP contribution in [0.3, 0.4) is 0 Å². The van der Waals surface area contributed by atoms with E-state index >= 15 is 0 Å². The molecule has 0 saturated heterocycles. The number of hydrogen-bond donors (Lipinski definition) is 1. The predicted octanol–water partition coefficient (Wildman–Crippen LogP) is 3.91. The first-order chi connectivity index (χ1) is 10.4. The Morgan fingerprint density at radius 2 is 1.86 bits per heavy atom. The summed E-state index contributed by atoms with van der Waals surface area (Å²) >= 11 is 0. The number of Topliss-reactive ketones (excluding diaryl/α,β-unsaturated/α-hetero) is 1. The second kappa shape index (κ2) is 4.78. The third-order valence-electron chi connectivity index (χ3n) is 8.42. The van der Waals surface area contributed by atoms with Gasteiger partial charge in [-0.3, -0.25) is 4.79 Å². The van der Waals surface area contributed by atoms with Crippen molar-refractivity contribution in [1.82, 2.24) is 0 Å². The number of halogens is 1. The summed E-state index contributed by atoms with van der Waals surface area (Å²) in [6.07, 6.45) is 5.63. The van der Waals surface area contributed by atoms with Crippen molar-refractivity contribution in [3.8, 4) is 0 Å². The van der Waals surface area contributed by atoms with Crippen molar-refractivity contribution in [2.75, 3.05) is 0 Å². The third kappa shape index (κ3) is 1.84. The van der Waals surface area contributed by atoms with E-state index in [0.717, 1.165) is 44.9 Å². The first-order valence-electron chi connectivity index (χ1n) is 9.20. The standard InChI is InChI=1S/C19H29FO2/c1-18-7-5-12(21)9-11(18)3-4-13-14(18)6-8-19(2)15(13)10-16(20)17(19)22/h11,13-17,22H,3-10H2,1-2H3/t11?,13-,14+,15+,16-,17+,18+,19+/m1/s1. The van der Waals surface area contributed by atoms with Crippen LogP contribution in [0.1, 0.15) is 65.2 Å². The van der Waals surface area contributed by atoms with Gasteiger partial charge in [-0.1, -0.05) is 13.8 Å². The number of hydrogen-bond acceptors (Lipinski definition) is 2. The summed E-state index contributed by atoms with van der Waals surface area (Å²) in [6.45, 7) is 4.53. The van der Waals surface area contributed by atoms with Crippen molar-refractivity contribution in [1.29, 1.82) is 0 Å². The number of ketones is 1. The zero-order chi connectivity index (χ0) is 15.7. The summed E-state index contributed by atoms with van der Waals surface area (Å²) in [5.74, 6) is 2.53. The fourth-order valence-electron chi connectivity index (χ4n) is 6.99. The monoisotopic (exact) mass is 308 g/mol. The van der Waals surface area contributed by atoms with Crippen LogP contribution in [0.15, 0.2) is 0 Å². The molecule has 0 radical (unpaired) electrons. The minimum absolute atomic E-state index is 0.214. The zero-order valence-electron chi connectivity index (χ0n) is 13.9. The summed E-state index contributed by atoms with van der Waals surface area (Å²) in [6, 6.07) is 0. The van der Waals surface area contributed by atoms with E-state index in [1.165, 1.54) is 0 Å². The second-order valence-electron chi connectivity index (χ2n) is 9.14. The normalized spacial score (nSPS) is 57.9. The highest BCUT2D eigenvalue weighted by Gasteiger charge is 2.62. The van der Waals surface area contributed by atoms with Crippen molar-refractivity contribution in [3.63, 3.8) is 0 Å². The Labute approximate surface area is 132 Å². The lowest BCUT2D eigenvalue weighted by atomic mass is 9.45. The molecule has 3 heteroatoms. The smallest absolute Gasteiger partial charge is 0.133 e. The zero-order valence-corrected chi connectivity index (χ0v) is 13.9. The largest absolute Gasteiger partial charge is 0.390 e. The van der Waals surface area contributed by atoms with Gasteiger partial charge in [-0.05, 0) is 73.0 Å². The van der Waals surface area contributed by atoms with Gasteiger partial charge in [0.2, 0.25) is 0 Å². The summed E-state index contributed by atoms with van der Waals surface area (Å²) in [4.78, 5) is 11.9. The highest BCUT2D eigenvalue weighted by Crippen LogP contribution is 2.66. The molecule has 0 heterocycles. The molecule has 0 aliphatic heterocycles. The molecule has 1 N–H and O–H groups in total. The van der Waals surface area contributed by atoms with Crippen molar-refractivity contribution in [2.24, 2.45) is 34.5 Å². The fraction of sp³-hybridized carbons (Fsp3) is 0.947. The predicted molar refractivity (Wildman–Crippen MR) is 83.0 cm³/mol. The summed E-state index contributed by atoms with van der Waals surface area (Å²) in [5, 5.41) is 10.4. The molecule has 4 fully saturated rings. The van der Waals surface area contributed by atoms with Crippen LogP contribution in [-0.4, -0.2) is 23.2 Å². The Morgan fingerprint density at radius 1 is 1.09 bits per heavy atom. The molecule has 2 nitrogen and oxygen atoms in total. The van der Waals surface area contributed by atoms with E-state index in [9.17, 15) is 14.3 Å². The minimum atomic E-state index is -1.03. The Hall–Kier alpha value is -0.440. The molecule has 4 aliphatic rings. The Balaban J connectivity index is 1.64. The van der Waals surface area contributed by atoms with Crippen LogP contribution in [0, 0.1) is 34.5 Å². The average molecular weight is 308 g/mol. The lowest BCUT2D eigenvalue weighted by Gasteiger charge is -2.59. The minimum Gasteiger partial charge on any atom is -0.390 e. The van der Waals surface area contributed by atoms with Crippen LogP contribution in [0.4, 0.5) is 4.39 Å². The lowest BCUT2D eigenvalue weighted by Crippen LogP contribution is -2.54. The summed E-state index contributed by atoms with van der Waals surface area (Å²) < 4.78 is 14.2. The van der Waals surface area contributed by atoms with Gasteiger partial charge in [0.1, 0.15) is 12.0 Å². The topological polar surface area (TPSA) is 37.3 Å². The van der Waals surface area contributed by atoms with Crippen molar-refractivity contribution < 1.29 is 14.3 Å². The number of aliphatic hydroxyl groups excluding tert-OH is 1. The molecule has 0 bridgehead atoms. The van der Waals surface area contributed by atoms with Crippen LogP contribution in [0.5, 0.6) is 0 Å². The van der Waals surface area contributed by atoms with Gasteiger partial charge in [0, 0.05) is 12.8 Å². The van der Waals surface area contributed by atoms with Crippen LogP contribution in [0.2, 0.25) is 0 Å². The second-order valence-corrected chi connectivity index (χ2v) is 9.14. The maximum atomic E-state index is 14.2. The molecule has 1 unspecified atom stereocenters. The molecule has 0 aromatic rings. The van der Waals surface area contributed by atoms with E-state index < -0.39 is 12.3 Å². The lowest BCUT2D eigenvalue weighted by molar-refractivity contribution is -0.142. The number of fused-ring (bicyclic) bond motifs is 5. The Kier molecular flexibility index (Phi) is 3.28. The van der Waals surface area contributed by atoms with Crippen LogP contribution < -0.4 is 0 Å². The molecule has 4 saturated carbocycles.